The predicted octanol–water partition coefficient (Wildman–Crippen LogP) is 3.22. The van der Waals surface area contributed by atoms with E-state index in [9.17, 15) is 0 Å². The Kier molecular flexibility index (Phi) is 3.89. The van der Waals surface area contributed by atoms with Gasteiger partial charge in [-0.1, -0.05) is 12.1 Å². The quantitative estimate of drug-likeness (QED) is 0.916. The zero-order valence-electron chi connectivity index (χ0n) is 11.1. The maximum Gasteiger partial charge on any atom is 0.142 e. The first-order chi connectivity index (χ1) is 9.79. The van der Waals surface area contributed by atoms with Crippen molar-refractivity contribution < 1.29 is 4.74 Å². The van der Waals surface area contributed by atoms with Crippen LogP contribution < -0.4 is 15.4 Å². The van der Waals surface area contributed by atoms with Crippen molar-refractivity contribution in [3.63, 3.8) is 0 Å². The van der Waals surface area contributed by atoms with Crippen molar-refractivity contribution in [3.05, 3.63) is 46.6 Å². The minimum absolute atomic E-state index is 0.460. The lowest BCUT2D eigenvalue weighted by Crippen LogP contribution is -2.21. The highest BCUT2D eigenvalue weighted by atomic mass is 79.9. The average Bonchev–Trinajstić information content (AvgIpc) is 2.69. The van der Waals surface area contributed by atoms with Crippen molar-refractivity contribution in [2.45, 2.75) is 13.0 Å². The van der Waals surface area contributed by atoms with Gasteiger partial charge in [0.25, 0.3) is 0 Å². The SMILES string of the molecule is NCc1cc(Br)cnc1N1CCCOc2ccccc21. The van der Waals surface area contributed by atoms with Gasteiger partial charge in [0.05, 0.1) is 12.3 Å². The molecular weight excluding hydrogens is 318 g/mol. The van der Waals surface area contributed by atoms with Gasteiger partial charge < -0.3 is 15.4 Å². The predicted molar refractivity (Wildman–Crippen MR) is 83.4 cm³/mol. The first kappa shape index (κ1) is 13.4. The number of hydrogen-bond acceptors (Lipinski definition) is 4. The van der Waals surface area contributed by atoms with E-state index in [-0.39, 0.29) is 0 Å². The van der Waals surface area contributed by atoms with Crippen molar-refractivity contribution in [1.29, 1.82) is 0 Å². The largest absolute Gasteiger partial charge is 0.491 e. The van der Waals surface area contributed by atoms with Gasteiger partial charge in [-0.05, 0) is 40.5 Å². The summed E-state index contributed by atoms with van der Waals surface area (Å²) < 4.78 is 6.73. The van der Waals surface area contributed by atoms with E-state index in [4.69, 9.17) is 10.5 Å². The number of nitrogens with two attached hydrogens (primary N) is 1. The number of fused-ring (bicyclic) bond motifs is 1. The van der Waals surface area contributed by atoms with Crippen molar-refractivity contribution >= 4 is 27.4 Å². The summed E-state index contributed by atoms with van der Waals surface area (Å²) >= 11 is 3.45. The molecule has 2 heterocycles. The fraction of sp³-hybridized carbons (Fsp3) is 0.267. The Labute approximate surface area is 126 Å². The van der Waals surface area contributed by atoms with Crippen LogP contribution in [-0.4, -0.2) is 18.1 Å². The van der Waals surface area contributed by atoms with Crippen LogP contribution in [0.15, 0.2) is 41.0 Å². The first-order valence-electron chi connectivity index (χ1n) is 6.63. The molecule has 0 atom stereocenters. The van der Waals surface area contributed by atoms with Crippen LogP contribution in [0.5, 0.6) is 5.75 Å². The number of anilines is 2. The highest BCUT2D eigenvalue weighted by Gasteiger charge is 2.20. The molecule has 1 aromatic heterocycles. The molecule has 0 radical (unpaired) electrons. The number of hydrogen-bond donors (Lipinski definition) is 1. The second-order valence-electron chi connectivity index (χ2n) is 4.66. The summed E-state index contributed by atoms with van der Waals surface area (Å²) in [5.41, 5.74) is 7.94. The van der Waals surface area contributed by atoms with E-state index < -0.39 is 0 Å². The summed E-state index contributed by atoms with van der Waals surface area (Å²) in [6.07, 6.45) is 2.76. The fourth-order valence-corrected chi connectivity index (χ4v) is 2.79. The summed E-state index contributed by atoms with van der Waals surface area (Å²) in [5, 5.41) is 0. The molecule has 0 fully saturated rings. The number of rotatable bonds is 2. The second-order valence-corrected chi connectivity index (χ2v) is 5.58. The lowest BCUT2D eigenvalue weighted by molar-refractivity contribution is 0.322. The summed E-state index contributed by atoms with van der Waals surface area (Å²) in [5.74, 6) is 1.81. The number of para-hydroxylation sites is 2. The van der Waals surface area contributed by atoms with E-state index in [1.54, 1.807) is 0 Å². The van der Waals surface area contributed by atoms with Crippen LogP contribution in [0.2, 0.25) is 0 Å². The summed E-state index contributed by atoms with van der Waals surface area (Å²) in [6, 6.07) is 10.1. The molecule has 0 amide bonds. The highest BCUT2D eigenvalue weighted by Crippen LogP contribution is 2.36. The van der Waals surface area contributed by atoms with Crippen LogP contribution >= 0.6 is 15.9 Å². The van der Waals surface area contributed by atoms with Gasteiger partial charge in [-0.3, -0.25) is 0 Å². The summed E-state index contributed by atoms with van der Waals surface area (Å²) in [4.78, 5) is 6.75. The molecule has 3 rings (SSSR count). The van der Waals surface area contributed by atoms with Gasteiger partial charge in [-0.15, -0.1) is 0 Å². The Balaban J connectivity index is 2.10. The number of ether oxygens (including phenoxy) is 1. The lowest BCUT2D eigenvalue weighted by Gasteiger charge is -2.24. The maximum atomic E-state index is 5.87. The molecule has 5 heteroatoms. The lowest BCUT2D eigenvalue weighted by atomic mass is 10.2. The number of benzene rings is 1. The molecule has 4 nitrogen and oxygen atoms in total. The Morgan fingerprint density at radius 1 is 1.35 bits per heavy atom. The standard InChI is InChI=1S/C15H16BrN3O/c16-12-8-11(9-17)15(18-10-12)19-6-3-7-20-14-5-2-1-4-13(14)19/h1-2,4-5,8,10H,3,6-7,9,17H2. The van der Waals surface area contributed by atoms with Crippen molar-refractivity contribution in [2.75, 3.05) is 18.1 Å². The van der Waals surface area contributed by atoms with Crippen molar-refractivity contribution in [1.82, 2.24) is 4.98 Å². The topological polar surface area (TPSA) is 51.4 Å². The molecule has 2 aromatic rings. The van der Waals surface area contributed by atoms with Crippen LogP contribution in [-0.2, 0) is 6.54 Å². The Bertz CT molecular complexity index is 618. The third kappa shape index (κ3) is 2.51. The first-order valence-corrected chi connectivity index (χ1v) is 7.43. The molecule has 1 aromatic carbocycles. The van der Waals surface area contributed by atoms with Gasteiger partial charge >= 0.3 is 0 Å². The molecule has 2 N–H and O–H groups in total. The normalized spacial score (nSPS) is 14.4. The average molecular weight is 334 g/mol. The Morgan fingerprint density at radius 2 is 2.20 bits per heavy atom. The van der Waals surface area contributed by atoms with Crippen LogP contribution in [0, 0.1) is 0 Å². The van der Waals surface area contributed by atoms with Crippen molar-refractivity contribution in [3.8, 4) is 5.75 Å². The van der Waals surface area contributed by atoms with Crippen LogP contribution in [0.4, 0.5) is 11.5 Å². The van der Waals surface area contributed by atoms with E-state index in [1.165, 1.54) is 0 Å². The van der Waals surface area contributed by atoms with E-state index in [1.807, 2.05) is 30.5 Å². The molecule has 0 aliphatic carbocycles. The number of aromatic nitrogens is 1. The fourth-order valence-electron chi connectivity index (χ4n) is 2.41. The maximum absolute atomic E-state index is 5.87. The van der Waals surface area contributed by atoms with Gasteiger partial charge in [-0.2, -0.15) is 0 Å². The van der Waals surface area contributed by atoms with E-state index >= 15 is 0 Å². The van der Waals surface area contributed by atoms with E-state index in [0.717, 1.165) is 46.9 Å². The minimum Gasteiger partial charge on any atom is -0.491 e. The van der Waals surface area contributed by atoms with Gasteiger partial charge in [0, 0.05) is 29.3 Å². The molecule has 0 saturated heterocycles. The smallest absolute Gasteiger partial charge is 0.142 e. The van der Waals surface area contributed by atoms with Gasteiger partial charge in [0.15, 0.2) is 0 Å². The van der Waals surface area contributed by atoms with Crippen LogP contribution in [0.1, 0.15) is 12.0 Å². The molecule has 0 bridgehead atoms. The zero-order valence-corrected chi connectivity index (χ0v) is 12.6. The molecular formula is C15H16BrN3O. The highest BCUT2D eigenvalue weighted by molar-refractivity contribution is 9.10. The molecule has 1 aliphatic heterocycles. The summed E-state index contributed by atoms with van der Waals surface area (Å²) in [6.45, 7) is 2.06. The molecule has 0 spiro atoms. The van der Waals surface area contributed by atoms with Gasteiger partial charge in [0.1, 0.15) is 11.6 Å². The minimum atomic E-state index is 0.460. The number of nitrogens with zero attached hydrogens (tertiary/aromatic N) is 2. The Hall–Kier alpha value is -1.59. The zero-order chi connectivity index (χ0) is 13.9. The Morgan fingerprint density at radius 3 is 3.05 bits per heavy atom. The molecule has 104 valence electrons. The van der Waals surface area contributed by atoms with Gasteiger partial charge in [-0.25, -0.2) is 4.98 Å². The van der Waals surface area contributed by atoms with E-state index in [0.29, 0.717) is 6.54 Å². The number of halogens is 1. The second kappa shape index (κ2) is 5.81. The molecule has 1 aliphatic rings. The van der Waals surface area contributed by atoms with Gasteiger partial charge in [0.2, 0.25) is 0 Å². The van der Waals surface area contributed by atoms with Crippen LogP contribution in [0.3, 0.4) is 0 Å². The molecule has 0 unspecified atom stereocenters. The third-order valence-electron chi connectivity index (χ3n) is 3.32. The molecule has 20 heavy (non-hydrogen) atoms. The number of pyridine rings is 1. The van der Waals surface area contributed by atoms with E-state index in [2.05, 4.69) is 31.9 Å². The third-order valence-corrected chi connectivity index (χ3v) is 3.76. The van der Waals surface area contributed by atoms with Crippen molar-refractivity contribution in [2.24, 2.45) is 5.73 Å². The molecule has 0 saturated carbocycles. The monoisotopic (exact) mass is 333 g/mol. The summed E-state index contributed by atoms with van der Waals surface area (Å²) in [7, 11) is 0. The van der Waals surface area contributed by atoms with Crippen LogP contribution in [0.25, 0.3) is 0 Å².